The van der Waals surface area contributed by atoms with Gasteiger partial charge in [-0.3, -0.25) is 0 Å². The molecule has 0 unspecified atom stereocenters. The van der Waals surface area contributed by atoms with Crippen molar-refractivity contribution in [2.24, 2.45) is 0 Å². The molecule has 0 atom stereocenters. The van der Waals surface area contributed by atoms with Crippen molar-refractivity contribution in [1.29, 1.82) is 5.26 Å². The fourth-order valence-electron chi connectivity index (χ4n) is 2.11. The summed E-state index contributed by atoms with van der Waals surface area (Å²) in [6.45, 7) is 0. The third-order valence-electron chi connectivity index (χ3n) is 3.11. The Morgan fingerprint density at radius 1 is 1.00 bits per heavy atom. The van der Waals surface area contributed by atoms with Crippen molar-refractivity contribution in [3.63, 3.8) is 0 Å². The van der Waals surface area contributed by atoms with Crippen LogP contribution in [0.4, 0.5) is 0 Å². The normalized spacial score (nSPS) is 10.3. The lowest BCUT2D eigenvalue weighted by Crippen LogP contribution is -1.87. The first-order valence-electron chi connectivity index (χ1n) is 6.26. The molecule has 3 nitrogen and oxygen atoms in total. The third kappa shape index (κ3) is 2.62. The number of phenols is 1. The van der Waals surface area contributed by atoms with E-state index in [1.54, 1.807) is 24.3 Å². The van der Waals surface area contributed by atoms with Crippen molar-refractivity contribution in [3.8, 4) is 23.3 Å². The molecular formula is C17H10ClNO2. The Balaban J connectivity index is 2.06. The maximum atomic E-state index is 9.85. The van der Waals surface area contributed by atoms with E-state index in [2.05, 4.69) is 6.07 Å². The highest BCUT2D eigenvalue weighted by Gasteiger charge is 2.08. The number of benzene rings is 3. The van der Waals surface area contributed by atoms with Crippen LogP contribution in [-0.4, -0.2) is 5.11 Å². The van der Waals surface area contributed by atoms with Crippen LogP contribution in [0.15, 0.2) is 54.6 Å². The number of nitrogens with zero attached hydrogens (tertiary/aromatic N) is 1. The molecule has 0 radical (unpaired) electrons. The van der Waals surface area contributed by atoms with Gasteiger partial charge in [-0.15, -0.1) is 0 Å². The van der Waals surface area contributed by atoms with E-state index in [9.17, 15) is 5.11 Å². The largest absolute Gasteiger partial charge is 0.504 e. The number of aromatic hydroxyl groups is 1. The Morgan fingerprint density at radius 2 is 1.86 bits per heavy atom. The van der Waals surface area contributed by atoms with E-state index in [0.29, 0.717) is 22.1 Å². The maximum absolute atomic E-state index is 9.85. The number of fused-ring (bicyclic) bond motifs is 1. The van der Waals surface area contributed by atoms with Crippen LogP contribution in [0, 0.1) is 11.3 Å². The Hall–Kier alpha value is -2.70. The molecule has 0 saturated carbocycles. The van der Waals surface area contributed by atoms with Crippen LogP contribution in [-0.2, 0) is 0 Å². The average molecular weight is 296 g/mol. The van der Waals surface area contributed by atoms with Crippen LogP contribution in [0.1, 0.15) is 5.56 Å². The zero-order valence-corrected chi connectivity index (χ0v) is 11.6. The van der Waals surface area contributed by atoms with Gasteiger partial charge >= 0.3 is 0 Å². The lowest BCUT2D eigenvalue weighted by Gasteiger charge is -2.10. The van der Waals surface area contributed by atoms with E-state index in [1.165, 1.54) is 6.07 Å². The van der Waals surface area contributed by atoms with Gasteiger partial charge in [-0.1, -0.05) is 23.7 Å². The average Bonchev–Trinajstić information content (AvgIpc) is 2.49. The molecule has 3 aromatic carbocycles. The smallest absolute Gasteiger partial charge is 0.169 e. The minimum absolute atomic E-state index is 0.0202. The van der Waals surface area contributed by atoms with Gasteiger partial charge in [0.25, 0.3) is 0 Å². The molecule has 3 aromatic rings. The number of ether oxygens (including phenoxy) is 1. The predicted molar refractivity (Wildman–Crippen MR) is 81.9 cm³/mol. The first-order chi connectivity index (χ1) is 10.2. The number of rotatable bonds is 2. The summed E-state index contributed by atoms with van der Waals surface area (Å²) in [7, 11) is 0. The summed E-state index contributed by atoms with van der Waals surface area (Å²) >= 11 is 5.80. The second-order valence-corrected chi connectivity index (χ2v) is 4.95. The topological polar surface area (TPSA) is 53.2 Å². The van der Waals surface area contributed by atoms with Crippen molar-refractivity contribution in [1.82, 2.24) is 0 Å². The molecule has 102 valence electrons. The molecule has 0 fully saturated rings. The number of nitriles is 1. The number of hydrogen-bond acceptors (Lipinski definition) is 3. The lowest BCUT2D eigenvalue weighted by molar-refractivity contribution is 0.413. The quantitative estimate of drug-likeness (QED) is 0.734. The standard InChI is InChI=1S/C17H10ClNO2/c18-13-5-7-17(15(20)9-13)21-16-3-1-2-12-8-11(10-19)4-6-14(12)16/h1-9,20H. The molecule has 0 aliphatic carbocycles. The summed E-state index contributed by atoms with van der Waals surface area (Å²) in [5, 5.41) is 21.0. The van der Waals surface area contributed by atoms with E-state index in [-0.39, 0.29) is 5.75 Å². The third-order valence-corrected chi connectivity index (χ3v) is 3.35. The molecule has 0 aromatic heterocycles. The van der Waals surface area contributed by atoms with E-state index in [0.717, 1.165) is 10.8 Å². The molecule has 0 amide bonds. The van der Waals surface area contributed by atoms with Gasteiger partial charge in [0.1, 0.15) is 5.75 Å². The predicted octanol–water partition coefficient (Wildman–Crippen LogP) is 4.86. The molecule has 0 aliphatic heterocycles. The Labute approximate surface area is 126 Å². The molecule has 3 rings (SSSR count). The highest BCUT2D eigenvalue weighted by Crippen LogP contribution is 2.36. The molecule has 0 aliphatic rings. The highest BCUT2D eigenvalue weighted by atomic mass is 35.5. The summed E-state index contributed by atoms with van der Waals surface area (Å²) in [5.41, 5.74) is 0.592. The summed E-state index contributed by atoms with van der Waals surface area (Å²) in [5.74, 6) is 0.916. The number of phenolic OH excluding ortho intramolecular Hbond substituents is 1. The second kappa shape index (κ2) is 5.35. The van der Waals surface area contributed by atoms with Crippen molar-refractivity contribution in [2.45, 2.75) is 0 Å². The van der Waals surface area contributed by atoms with Crippen LogP contribution in [0.2, 0.25) is 5.02 Å². The summed E-state index contributed by atoms with van der Waals surface area (Å²) in [6, 6.07) is 17.7. The van der Waals surface area contributed by atoms with Gasteiger partial charge < -0.3 is 9.84 Å². The van der Waals surface area contributed by atoms with Gasteiger partial charge in [0.05, 0.1) is 11.6 Å². The zero-order chi connectivity index (χ0) is 14.8. The van der Waals surface area contributed by atoms with Crippen molar-refractivity contribution in [3.05, 3.63) is 65.2 Å². The summed E-state index contributed by atoms with van der Waals surface area (Å²) in [4.78, 5) is 0. The molecule has 0 bridgehead atoms. The van der Waals surface area contributed by atoms with Gasteiger partial charge in [0.15, 0.2) is 11.5 Å². The molecule has 0 spiro atoms. The Kier molecular flexibility index (Phi) is 3.39. The maximum Gasteiger partial charge on any atom is 0.169 e. The van der Waals surface area contributed by atoms with E-state index in [1.807, 2.05) is 24.3 Å². The molecule has 1 N–H and O–H groups in total. The Bertz CT molecular complexity index is 868. The minimum atomic E-state index is -0.0202. The fraction of sp³-hybridized carbons (Fsp3) is 0. The van der Waals surface area contributed by atoms with E-state index in [4.69, 9.17) is 21.6 Å². The monoisotopic (exact) mass is 295 g/mol. The van der Waals surface area contributed by atoms with Crippen LogP contribution < -0.4 is 4.74 Å². The Morgan fingerprint density at radius 3 is 2.62 bits per heavy atom. The summed E-state index contributed by atoms with van der Waals surface area (Å²) < 4.78 is 5.76. The van der Waals surface area contributed by atoms with Gasteiger partial charge in [0.2, 0.25) is 0 Å². The van der Waals surface area contributed by atoms with Crippen molar-refractivity contribution in [2.75, 3.05) is 0 Å². The van der Waals surface area contributed by atoms with Gasteiger partial charge in [0, 0.05) is 16.5 Å². The minimum Gasteiger partial charge on any atom is -0.504 e. The van der Waals surface area contributed by atoms with Gasteiger partial charge in [-0.2, -0.15) is 5.26 Å². The molecule has 4 heteroatoms. The van der Waals surface area contributed by atoms with Crippen LogP contribution in [0.25, 0.3) is 10.8 Å². The number of hydrogen-bond donors (Lipinski definition) is 1. The zero-order valence-electron chi connectivity index (χ0n) is 10.9. The highest BCUT2D eigenvalue weighted by molar-refractivity contribution is 6.30. The fourth-order valence-corrected chi connectivity index (χ4v) is 2.27. The van der Waals surface area contributed by atoms with Crippen LogP contribution in [0.5, 0.6) is 17.2 Å². The molecule has 0 saturated heterocycles. The van der Waals surface area contributed by atoms with Crippen LogP contribution in [0.3, 0.4) is 0 Å². The van der Waals surface area contributed by atoms with Crippen molar-refractivity contribution >= 4 is 22.4 Å². The first kappa shape index (κ1) is 13.3. The molecular weight excluding hydrogens is 286 g/mol. The van der Waals surface area contributed by atoms with Crippen molar-refractivity contribution < 1.29 is 9.84 Å². The van der Waals surface area contributed by atoms with E-state index >= 15 is 0 Å². The molecule has 0 heterocycles. The first-order valence-corrected chi connectivity index (χ1v) is 6.64. The van der Waals surface area contributed by atoms with Gasteiger partial charge in [-0.05, 0) is 41.8 Å². The lowest BCUT2D eigenvalue weighted by atomic mass is 10.1. The second-order valence-electron chi connectivity index (χ2n) is 4.52. The van der Waals surface area contributed by atoms with Crippen LogP contribution >= 0.6 is 11.6 Å². The summed E-state index contributed by atoms with van der Waals surface area (Å²) in [6.07, 6.45) is 0. The van der Waals surface area contributed by atoms with Gasteiger partial charge in [-0.25, -0.2) is 0 Å². The van der Waals surface area contributed by atoms with E-state index < -0.39 is 0 Å². The number of halogens is 1. The molecule has 21 heavy (non-hydrogen) atoms. The SMILES string of the molecule is N#Cc1ccc2c(Oc3ccc(Cl)cc3O)cccc2c1.